The van der Waals surface area contributed by atoms with Crippen LogP contribution in [0, 0.1) is 11.6 Å². The summed E-state index contributed by atoms with van der Waals surface area (Å²) < 4.78 is 25.7. The maximum Gasteiger partial charge on any atom is 0.333 e. The van der Waals surface area contributed by atoms with E-state index in [-0.39, 0.29) is 0 Å². The van der Waals surface area contributed by atoms with E-state index >= 15 is 0 Å². The number of amides is 2. The van der Waals surface area contributed by atoms with Crippen molar-refractivity contribution >= 4 is 17.5 Å². The summed E-state index contributed by atoms with van der Waals surface area (Å²) in [5.41, 5.74) is 1.31. The summed E-state index contributed by atoms with van der Waals surface area (Å²) in [6.07, 6.45) is 0. The first kappa shape index (κ1) is 12.1. The second-order valence-corrected chi connectivity index (χ2v) is 2.71. The predicted molar refractivity (Wildman–Crippen MR) is 50.1 cm³/mol. The smallest absolute Gasteiger partial charge is 0.315 e. The van der Waals surface area contributed by atoms with Gasteiger partial charge in [0.25, 0.3) is 0 Å². The average molecular weight is 230 g/mol. The fourth-order valence-electron chi connectivity index (χ4n) is 0.911. The third-order valence-corrected chi connectivity index (χ3v) is 1.58. The summed E-state index contributed by atoms with van der Waals surface area (Å²) in [7, 11) is 1.13. The summed E-state index contributed by atoms with van der Waals surface area (Å²) in [6, 6.07) is 2.48. The number of anilines is 1. The molecule has 2 N–H and O–H groups in total. The third-order valence-electron chi connectivity index (χ3n) is 1.58. The molecule has 0 aliphatic rings. The summed E-state index contributed by atoms with van der Waals surface area (Å²) in [5, 5.41) is 1.89. The van der Waals surface area contributed by atoms with E-state index in [2.05, 4.69) is 4.84 Å². The van der Waals surface area contributed by atoms with Crippen LogP contribution < -0.4 is 10.8 Å². The summed E-state index contributed by atoms with van der Waals surface area (Å²) in [5.74, 6) is -3.86. The predicted octanol–water partition coefficient (Wildman–Crippen LogP) is 0.581. The molecule has 2 amide bonds. The largest absolute Gasteiger partial charge is 0.333 e. The van der Waals surface area contributed by atoms with Crippen molar-refractivity contribution in [2.45, 2.75) is 0 Å². The van der Waals surface area contributed by atoms with Crippen LogP contribution in [-0.2, 0) is 14.4 Å². The summed E-state index contributed by atoms with van der Waals surface area (Å²) >= 11 is 0. The molecule has 5 nitrogen and oxygen atoms in total. The molecule has 0 fully saturated rings. The fraction of sp³-hybridized carbons (Fsp3) is 0.111. The molecule has 0 aromatic heterocycles. The van der Waals surface area contributed by atoms with Gasteiger partial charge in [0.1, 0.15) is 11.6 Å². The molecule has 0 radical (unpaired) electrons. The molecular formula is C9H8F2N2O3. The zero-order valence-electron chi connectivity index (χ0n) is 8.21. The van der Waals surface area contributed by atoms with Gasteiger partial charge in [-0.05, 0) is 12.1 Å². The quantitative estimate of drug-likeness (QED) is 0.577. The van der Waals surface area contributed by atoms with Gasteiger partial charge < -0.3 is 5.32 Å². The van der Waals surface area contributed by atoms with Crippen LogP contribution in [0.2, 0.25) is 0 Å². The van der Waals surface area contributed by atoms with Crippen molar-refractivity contribution in [2.75, 3.05) is 12.4 Å². The second-order valence-electron chi connectivity index (χ2n) is 2.71. The van der Waals surface area contributed by atoms with E-state index in [1.165, 1.54) is 0 Å². The van der Waals surface area contributed by atoms with Crippen LogP contribution in [0.15, 0.2) is 18.2 Å². The lowest BCUT2D eigenvalue weighted by molar-refractivity contribution is -0.142. The number of carbonyl (C=O) groups is 2. The zero-order chi connectivity index (χ0) is 12.1. The van der Waals surface area contributed by atoms with Gasteiger partial charge in [0.15, 0.2) is 0 Å². The Morgan fingerprint density at radius 2 is 1.94 bits per heavy atom. The zero-order valence-corrected chi connectivity index (χ0v) is 8.21. The highest BCUT2D eigenvalue weighted by Crippen LogP contribution is 2.14. The SMILES string of the molecule is CONC(=O)C(=O)Nc1cc(F)ccc1F. The van der Waals surface area contributed by atoms with Gasteiger partial charge in [-0.1, -0.05) is 0 Å². The third kappa shape index (κ3) is 2.99. The highest BCUT2D eigenvalue weighted by molar-refractivity contribution is 6.39. The number of rotatable bonds is 2. The molecule has 0 saturated carbocycles. The lowest BCUT2D eigenvalue weighted by atomic mass is 10.3. The monoisotopic (exact) mass is 230 g/mol. The Morgan fingerprint density at radius 3 is 2.56 bits per heavy atom. The number of nitrogens with one attached hydrogen (secondary N) is 2. The van der Waals surface area contributed by atoms with Crippen LogP contribution in [0.25, 0.3) is 0 Å². The number of carbonyl (C=O) groups excluding carboxylic acids is 2. The van der Waals surface area contributed by atoms with Gasteiger partial charge in [0.05, 0.1) is 12.8 Å². The van der Waals surface area contributed by atoms with E-state index in [1.807, 2.05) is 5.32 Å². The number of halogens is 2. The molecule has 1 aromatic rings. The summed E-state index contributed by atoms with van der Waals surface area (Å²) in [4.78, 5) is 26.1. The molecule has 0 aliphatic heterocycles. The lowest BCUT2D eigenvalue weighted by Crippen LogP contribution is -2.34. The Bertz CT molecular complexity index is 423. The fourth-order valence-corrected chi connectivity index (χ4v) is 0.911. The van der Waals surface area contributed by atoms with Crippen molar-refractivity contribution in [1.29, 1.82) is 0 Å². The molecular weight excluding hydrogens is 222 g/mol. The molecule has 0 heterocycles. The van der Waals surface area contributed by atoms with Crippen molar-refractivity contribution in [2.24, 2.45) is 0 Å². The van der Waals surface area contributed by atoms with Gasteiger partial charge in [-0.15, -0.1) is 0 Å². The second kappa shape index (κ2) is 5.17. The molecule has 7 heteroatoms. The van der Waals surface area contributed by atoms with Gasteiger partial charge in [0, 0.05) is 6.07 Å². The Balaban J connectivity index is 2.76. The van der Waals surface area contributed by atoms with Crippen molar-refractivity contribution in [3.05, 3.63) is 29.8 Å². The molecule has 16 heavy (non-hydrogen) atoms. The molecule has 0 spiro atoms. The lowest BCUT2D eigenvalue weighted by Gasteiger charge is -2.05. The maximum absolute atomic E-state index is 13.0. The van der Waals surface area contributed by atoms with Gasteiger partial charge in [0.2, 0.25) is 0 Å². The normalized spacial score (nSPS) is 9.69. The number of hydroxylamine groups is 1. The van der Waals surface area contributed by atoms with Crippen LogP contribution in [0.1, 0.15) is 0 Å². The van der Waals surface area contributed by atoms with Crippen LogP contribution in [0.3, 0.4) is 0 Å². The van der Waals surface area contributed by atoms with Crippen molar-refractivity contribution in [1.82, 2.24) is 5.48 Å². The van der Waals surface area contributed by atoms with Crippen LogP contribution in [0.4, 0.5) is 14.5 Å². The van der Waals surface area contributed by atoms with Crippen LogP contribution >= 0.6 is 0 Å². The molecule has 0 atom stereocenters. The van der Waals surface area contributed by atoms with E-state index in [4.69, 9.17) is 0 Å². The van der Waals surface area contributed by atoms with Gasteiger partial charge in [-0.3, -0.25) is 14.4 Å². The molecule has 0 saturated heterocycles. The van der Waals surface area contributed by atoms with Crippen molar-refractivity contribution < 1.29 is 23.2 Å². The first-order valence-electron chi connectivity index (χ1n) is 4.14. The van der Waals surface area contributed by atoms with E-state index in [0.717, 1.165) is 25.3 Å². The standard InChI is InChI=1S/C9H8F2N2O3/c1-16-13-9(15)8(14)12-7-4-5(10)2-3-6(7)11/h2-4H,1H3,(H,12,14)(H,13,15). The highest BCUT2D eigenvalue weighted by Gasteiger charge is 2.15. The molecule has 0 bridgehead atoms. The maximum atomic E-state index is 13.0. The van der Waals surface area contributed by atoms with Crippen LogP contribution in [0.5, 0.6) is 0 Å². The van der Waals surface area contributed by atoms with Crippen molar-refractivity contribution in [3.63, 3.8) is 0 Å². The minimum Gasteiger partial charge on any atom is -0.315 e. The first-order chi connectivity index (χ1) is 7.54. The Morgan fingerprint density at radius 1 is 1.25 bits per heavy atom. The average Bonchev–Trinajstić information content (AvgIpc) is 2.23. The van der Waals surface area contributed by atoms with Gasteiger partial charge >= 0.3 is 11.8 Å². The Kier molecular flexibility index (Phi) is 3.90. The topological polar surface area (TPSA) is 67.4 Å². The highest BCUT2D eigenvalue weighted by atomic mass is 19.1. The number of hydrogen-bond acceptors (Lipinski definition) is 3. The van der Waals surface area contributed by atoms with Gasteiger partial charge in [-0.25, -0.2) is 14.3 Å². The number of benzene rings is 1. The van der Waals surface area contributed by atoms with Crippen LogP contribution in [-0.4, -0.2) is 18.9 Å². The molecule has 86 valence electrons. The first-order valence-corrected chi connectivity index (χ1v) is 4.14. The molecule has 1 aromatic carbocycles. The Hall–Kier alpha value is -2.02. The van der Waals surface area contributed by atoms with Gasteiger partial charge in [-0.2, -0.15) is 0 Å². The summed E-state index contributed by atoms with van der Waals surface area (Å²) in [6.45, 7) is 0. The Labute approximate surface area is 89.3 Å². The molecule has 0 aliphatic carbocycles. The van der Waals surface area contributed by atoms with E-state index in [1.54, 1.807) is 5.48 Å². The molecule has 1 rings (SSSR count). The van der Waals surface area contributed by atoms with E-state index in [0.29, 0.717) is 0 Å². The minimum atomic E-state index is -1.16. The minimum absolute atomic E-state index is 0.420. The van der Waals surface area contributed by atoms with Crippen molar-refractivity contribution in [3.8, 4) is 0 Å². The molecule has 0 unspecified atom stereocenters. The van der Waals surface area contributed by atoms with E-state index < -0.39 is 29.1 Å². The van der Waals surface area contributed by atoms with E-state index in [9.17, 15) is 18.4 Å². The number of hydrogen-bond donors (Lipinski definition) is 2.